The molecule has 1 atom stereocenters. The van der Waals surface area contributed by atoms with Crippen molar-refractivity contribution in [3.63, 3.8) is 0 Å². The number of thiocarbonyl (C=S) groups is 1. The van der Waals surface area contributed by atoms with E-state index in [9.17, 15) is 4.79 Å². The molecule has 0 unspecified atom stereocenters. The number of carbonyl (C=O) groups excluding carboxylic acids is 1. The highest BCUT2D eigenvalue weighted by molar-refractivity contribution is 7.80. The fourth-order valence-corrected chi connectivity index (χ4v) is 3.67. The zero-order valence-corrected chi connectivity index (χ0v) is 14.4. The number of benzene rings is 1. The fourth-order valence-electron chi connectivity index (χ4n) is 2.51. The Morgan fingerprint density at radius 1 is 1.48 bits per heavy atom. The average molecular weight is 350 g/mol. The Labute approximate surface area is 144 Å². The lowest BCUT2D eigenvalue weighted by molar-refractivity contribution is 0.0606. The van der Waals surface area contributed by atoms with Gasteiger partial charge in [0.1, 0.15) is 4.88 Å². The third-order valence-electron chi connectivity index (χ3n) is 3.68. The van der Waals surface area contributed by atoms with Gasteiger partial charge in [-0.3, -0.25) is 0 Å². The van der Waals surface area contributed by atoms with Gasteiger partial charge in [0.2, 0.25) is 0 Å². The van der Waals surface area contributed by atoms with Crippen molar-refractivity contribution in [3.05, 3.63) is 29.1 Å². The summed E-state index contributed by atoms with van der Waals surface area (Å²) in [5, 5.41) is 7.90. The third kappa shape index (κ3) is 3.99. The first-order valence-electron chi connectivity index (χ1n) is 7.44. The van der Waals surface area contributed by atoms with Gasteiger partial charge in [-0.05, 0) is 54.7 Å². The van der Waals surface area contributed by atoms with Gasteiger partial charge in [-0.15, -0.1) is 11.3 Å². The molecule has 2 aromatic rings. The average Bonchev–Trinajstić information content (AvgIpc) is 3.21. The Morgan fingerprint density at radius 2 is 2.35 bits per heavy atom. The number of ether oxygens (including phenoxy) is 2. The van der Waals surface area contributed by atoms with E-state index < -0.39 is 0 Å². The van der Waals surface area contributed by atoms with Crippen LogP contribution in [0.3, 0.4) is 0 Å². The molecular formula is C16H18N2O3S2. The summed E-state index contributed by atoms with van der Waals surface area (Å²) in [6.07, 6.45) is 2.44. The summed E-state index contributed by atoms with van der Waals surface area (Å²) in [6.45, 7) is 1.56. The van der Waals surface area contributed by atoms with E-state index in [4.69, 9.17) is 21.7 Å². The summed E-state index contributed by atoms with van der Waals surface area (Å²) in [5.41, 5.74) is 0.886. The summed E-state index contributed by atoms with van der Waals surface area (Å²) in [5.74, 6) is -0.311. The van der Waals surface area contributed by atoms with Crippen LogP contribution in [-0.4, -0.2) is 37.4 Å². The molecule has 1 aromatic heterocycles. The van der Waals surface area contributed by atoms with Crippen molar-refractivity contribution in [2.24, 2.45) is 0 Å². The first-order chi connectivity index (χ1) is 11.2. The second-order valence-electron chi connectivity index (χ2n) is 5.32. The monoisotopic (exact) mass is 350 g/mol. The number of nitrogens with one attached hydrogen (secondary N) is 2. The van der Waals surface area contributed by atoms with Crippen LogP contribution >= 0.6 is 23.6 Å². The van der Waals surface area contributed by atoms with E-state index >= 15 is 0 Å². The molecule has 5 nitrogen and oxygen atoms in total. The quantitative estimate of drug-likeness (QED) is 0.652. The number of thiophene rings is 1. The normalized spacial score (nSPS) is 17.2. The second kappa shape index (κ2) is 7.25. The molecule has 0 amide bonds. The molecule has 1 aliphatic heterocycles. The lowest BCUT2D eigenvalue weighted by Gasteiger charge is -2.14. The lowest BCUT2D eigenvalue weighted by atomic mass is 10.2. The van der Waals surface area contributed by atoms with Crippen molar-refractivity contribution >= 4 is 50.4 Å². The fraction of sp³-hybridized carbons (Fsp3) is 0.375. The zero-order chi connectivity index (χ0) is 16.2. The van der Waals surface area contributed by atoms with Crippen molar-refractivity contribution in [2.75, 3.05) is 25.6 Å². The minimum atomic E-state index is -0.311. The molecule has 1 aromatic carbocycles. The number of anilines is 1. The molecule has 0 spiro atoms. The minimum Gasteiger partial charge on any atom is -0.465 e. The molecule has 0 aliphatic carbocycles. The van der Waals surface area contributed by atoms with Crippen LogP contribution in [0, 0.1) is 0 Å². The molecule has 3 rings (SSSR count). The number of carbonyl (C=O) groups is 1. The largest absolute Gasteiger partial charge is 0.465 e. The third-order valence-corrected chi connectivity index (χ3v) is 5.02. The number of esters is 1. The van der Waals surface area contributed by atoms with Gasteiger partial charge in [-0.1, -0.05) is 0 Å². The predicted octanol–water partition coefficient (Wildman–Crippen LogP) is 3.15. The molecule has 122 valence electrons. The van der Waals surface area contributed by atoms with Crippen LogP contribution in [0.5, 0.6) is 0 Å². The molecule has 0 bridgehead atoms. The first kappa shape index (κ1) is 16.2. The highest BCUT2D eigenvalue weighted by Gasteiger charge is 2.15. The van der Waals surface area contributed by atoms with E-state index in [1.165, 1.54) is 18.4 Å². The topological polar surface area (TPSA) is 59.6 Å². The Kier molecular flexibility index (Phi) is 5.09. The zero-order valence-electron chi connectivity index (χ0n) is 12.8. The number of hydrogen-bond donors (Lipinski definition) is 2. The summed E-state index contributed by atoms with van der Waals surface area (Å²) < 4.78 is 11.3. The van der Waals surface area contributed by atoms with E-state index in [0.717, 1.165) is 41.8 Å². The maximum Gasteiger partial charge on any atom is 0.348 e. The van der Waals surface area contributed by atoms with Crippen molar-refractivity contribution in [3.8, 4) is 0 Å². The van der Waals surface area contributed by atoms with Crippen LogP contribution in [0.25, 0.3) is 10.1 Å². The molecule has 0 saturated carbocycles. The molecule has 0 radical (unpaired) electrons. The SMILES string of the molecule is COC(=O)c1cc2cc(NC(=S)NC[C@H]3CCCO3)ccc2s1. The number of hydrogen-bond acceptors (Lipinski definition) is 5. The summed E-state index contributed by atoms with van der Waals surface area (Å²) in [7, 11) is 1.39. The van der Waals surface area contributed by atoms with Gasteiger partial charge in [0.05, 0.1) is 13.2 Å². The number of methoxy groups -OCH3 is 1. The van der Waals surface area contributed by atoms with Gasteiger partial charge in [0.15, 0.2) is 5.11 Å². The summed E-state index contributed by atoms with van der Waals surface area (Å²) in [4.78, 5) is 12.2. The van der Waals surface area contributed by atoms with Crippen molar-refractivity contribution in [1.29, 1.82) is 0 Å². The van der Waals surface area contributed by atoms with Crippen LogP contribution in [-0.2, 0) is 9.47 Å². The van der Waals surface area contributed by atoms with Crippen molar-refractivity contribution in [2.45, 2.75) is 18.9 Å². The Balaban J connectivity index is 1.63. The number of rotatable bonds is 4. The maximum atomic E-state index is 11.6. The van der Waals surface area contributed by atoms with Crippen LogP contribution in [0.2, 0.25) is 0 Å². The predicted molar refractivity (Wildman–Crippen MR) is 96.4 cm³/mol. The van der Waals surface area contributed by atoms with Crippen molar-refractivity contribution < 1.29 is 14.3 Å². The smallest absolute Gasteiger partial charge is 0.348 e. The molecule has 23 heavy (non-hydrogen) atoms. The van der Waals surface area contributed by atoms with Gasteiger partial charge < -0.3 is 20.1 Å². The molecular weight excluding hydrogens is 332 g/mol. The summed E-state index contributed by atoms with van der Waals surface area (Å²) >= 11 is 6.73. The van der Waals surface area contributed by atoms with Gasteiger partial charge in [0.25, 0.3) is 0 Å². The molecule has 2 N–H and O–H groups in total. The molecule has 1 saturated heterocycles. The van der Waals surface area contributed by atoms with E-state index in [2.05, 4.69) is 10.6 Å². The van der Waals surface area contributed by atoms with Crippen LogP contribution in [0.4, 0.5) is 5.69 Å². The van der Waals surface area contributed by atoms with Crippen LogP contribution in [0.15, 0.2) is 24.3 Å². The van der Waals surface area contributed by atoms with E-state index in [1.54, 1.807) is 0 Å². The van der Waals surface area contributed by atoms with Gasteiger partial charge >= 0.3 is 5.97 Å². The Bertz CT molecular complexity index is 723. The van der Waals surface area contributed by atoms with Gasteiger partial charge in [-0.25, -0.2) is 4.79 Å². The van der Waals surface area contributed by atoms with Crippen LogP contribution < -0.4 is 10.6 Å². The van der Waals surface area contributed by atoms with E-state index in [0.29, 0.717) is 9.99 Å². The number of fused-ring (bicyclic) bond motifs is 1. The maximum absolute atomic E-state index is 11.6. The molecule has 2 heterocycles. The highest BCUT2D eigenvalue weighted by atomic mass is 32.1. The second-order valence-corrected chi connectivity index (χ2v) is 6.82. The van der Waals surface area contributed by atoms with Gasteiger partial charge in [-0.2, -0.15) is 0 Å². The van der Waals surface area contributed by atoms with Crippen molar-refractivity contribution in [1.82, 2.24) is 5.32 Å². The minimum absolute atomic E-state index is 0.247. The molecule has 1 aliphatic rings. The van der Waals surface area contributed by atoms with E-state index in [1.807, 2.05) is 24.3 Å². The van der Waals surface area contributed by atoms with Crippen LogP contribution in [0.1, 0.15) is 22.5 Å². The first-order valence-corrected chi connectivity index (χ1v) is 8.66. The Morgan fingerprint density at radius 3 is 3.09 bits per heavy atom. The highest BCUT2D eigenvalue weighted by Crippen LogP contribution is 2.28. The van der Waals surface area contributed by atoms with Gasteiger partial charge in [0, 0.05) is 23.5 Å². The summed E-state index contributed by atoms with van der Waals surface area (Å²) in [6, 6.07) is 7.72. The standard InChI is InChI=1S/C16H18N2O3S2/c1-20-15(19)14-8-10-7-11(4-5-13(10)23-14)18-16(22)17-9-12-3-2-6-21-12/h4-5,7-8,12H,2-3,6,9H2,1H3,(H2,17,18,22)/t12-/m1/s1. The molecule has 1 fully saturated rings. The Hall–Kier alpha value is -1.70. The van der Waals surface area contributed by atoms with E-state index in [-0.39, 0.29) is 12.1 Å². The lowest BCUT2D eigenvalue weighted by Crippen LogP contribution is -2.34. The molecule has 7 heteroatoms.